The van der Waals surface area contributed by atoms with Crippen molar-refractivity contribution in [2.45, 2.75) is 0 Å². The molecular weight excluding hydrogens is 436 g/mol. The maximum atomic E-state index is 12.3. The van der Waals surface area contributed by atoms with Crippen molar-refractivity contribution in [3.8, 4) is 11.5 Å². The summed E-state index contributed by atoms with van der Waals surface area (Å²) in [7, 11) is 3.21. The van der Waals surface area contributed by atoms with Crippen LogP contribution in [0.5, 0.6) is 11.5 Å². The van der Waals surface area contributed by atoms with E-state index in [-0.39, 0.29) is 5.91 Å². The Morgan fingerprint density at radius 3 is 2.71 bits per heavy atom. The van der Waals surface area contributed by atoms with Gasteiger partial charge in [-0.25, -0.2) is 4.98 Å². The molecular formula is C22H25ClN4O3S. The number of methoxy groups -OCH3 is 2. The van der Waals surface area contributed by atoms with E-state index in [1.807, 2.05) is 24.3 Å². The molecule has 9 heteroatoms. The van der Waals surface area contributed by atoms with Crippen LogP contribution < -0.4 is 19.7 Å². The molecule has 0 bridgehead atoms. The number of aromatic nitrogens is 1. The molecule has 0 radical (unpaired) electrons. The Balaban J connectivity index is 1.28. The van der Waals surface area contributed by atoms with E-state index in [0.29, 0.717) is 28.6 Å². The number of amides is 1. The third-order valence-corrected chi connectivity index (χ3v) is 6.73. The van der Waals surface area contributed by atoms with Crippen LogP contribution in [-0.4, -0.2) is 69.3 Å². The van der Waals surface area contributed by atoms with Gasteiger partial charge in [0, 0.05) is 44.8 Å². The lowest BCUT2D eigenvalue weighted by molar-refractivity contribution is 0.0947. The third kappa shape index (κ3) is 4.87. The molecule has 1 fully saturated rings. The fourth-order valence-corrected chi connectivity index (χ4v) is 4.87. The SMILES string of the molecule is COc1cccc(C(=O)NCCN2CCN(c3nc4c(OC)c(Cl)ccc4s3)CC2)c1. The molecule has 1 aliphatic rings. The van der Waals surface area contributed by atoms with Crippen molar-refractivity contribution in [2.24, 2.45) is 0 Å². The first-order valence-corrected chi connectivity index (χ1v) is 11.3. The van der Waals surface area contributed by atoms with Gasteiger partial charge in [0.25, 0.3) is 5.91 Å². The minimum Gasteiger partial charge on any atom is -0.497 e. The molecule has 164 valence electrons. The average molecular weight is 461 g/mol. The van der Waals surface area contributed by atoms with E-state index in [2.05, 4.69) is 15.1 Å². The maximum absolute atomic E-state index is 12.3. The second kappa shape index (κ2) is 9.72. The highest BCUT2D eigenvalue weighted by molar-refractivity contribution is 7.22. The molecule has 0 unspecified atom stereocenters. The van der Waals surface area contributed by atoms with Gasteiger partial charge in [0.1, 0.15) is 11.3 Å². The monoisotopic (exact) mass is 460 g/mol. The summed E-state index contributed by atoms with van der Waals surface area (Å²) < 4.78 is 11.7. The second-order valence-corrected chi connectivity index (χ2v) is 8.66. The fourth-order valence-electron chi connectivity index (χ4n) is 3.62. The number of carbonyl (C=O) groups excluding carboxylic acids is 1. The Labute approximate surface area is 190 Å². The summed E-state index contributed by atoms with van der Waals surface area (Å²) in [6.45, 7) is 5.03. The number of hydrogen-bond acceptors (Lipinski definition) is 7. The van der Waals surface area contributed by atoms with Gasteiger partial charge in [-0.05, 0) is 30.3 Å². The molecule has 0 aliphatic carbocycles. The number of benzene rings is 2. The first-order valence-electron chi connectivity index (χ1n) is 10.1. The van der Waals surface area contributed by atoms with Crippen LogP contribution in [0, 0.1) is 0 Å². The minimum atomic E-state index is -0.0837. The smallest absolute Gasteiger partial charge is 0.251 e. The van der Waals surface area contributed by atoms with Crippen molar-refractivity contribution in [1.29, 1.82) is 0 Å². The summed E-state index contributed by atoms with van der Waals surface area (Å²) in [5.74, 6) is 1.23. The van der Waals surface area contributed by atoms with Gasteiger partial charge in [0.15, 0.2) is 10.9 Å². The predicted molar refractivity (Wildman–Crippen MR) is 125 cm³/mol. The lowest BCUT2D eigenvalue weighted by Gasteiger charge is -2.34. The molecule has 0 atom stereocenters. The number of piperazine rings is 1. The number of fused-ring (bicyclic) bond motifs is 1. The zero-order valence-electron chi connectivity index (χ0n) is 17.6. The molecule has 4 rings (SSSR count). The molecule has 31 heavy (non-hydrogen) atoms. The topological polar surface area (TPSA) is 66.9 Å². The Hall–Kier alpha value is -2.55. The zero-order valence-corrected chi connectivity index (χ0v) is 19.1. The Morgan fingerprint density at radius 1 is 1.16 bits per heavy atom. The van der Waals surface area contributed by atoms with Crippen molar-refractivity contribution in [2.75, 3.05) is 58.4 Å². The largest absolute Gasteiger partial charge is 0.497 e. The lowest BCUT2D eigenvalue weighted by atomic mass is 10.2. The van der Waals surface area contributed by atoms with E-state index < -0.39 is 0 Å². The highest BCUT2D eigenvalue weighted by atomic mass is 35.5. The number of hydrogen-bond donors (Lipinski definition) is 1. The zero-order chi connectivity index (χ0) is 21.8. The van der Waals surface area contributed by atoms with Crippen LogP contribution in [0.15, 0.2) is 36.4 Å². The molecule has 0 saturated carbocycles. The van der Waals surface area contributed by atoms with Gasteiger partial charge in [0.05, 0.1) is 23.9 Å². The van der Waals surface area contributed by atoms with Crippen molar-refractivity contribution < 1.29 is 14.3 Å². The van der Waals surface area contributed by atoms with E-state index in [4.69, 9.17) is 26.1 Å². The molecule has 3 aromatic rings. The molecule has 2 heterocycles. The van der Waals surface area contributed by atoms with Crippen LogP contribution in [-0.2, 0) is 0 Å². The second-order valence-electron chi connectivity index (χ2n) is 7.24. The van der Waals surface area contributed by atoms with Crippen LogP contribution >= 0.6 is 22.9 Å². The van der Waals surface area contributed by atoms with Gasteiger partial charge in [-0.2, -0.15) is 0 Å². The van der Waals surface area contributed by atoms with E-state index in [1.54, 1.807) is 37.7 Å². The molecule has 1 amide bonds. The van der Waals surface area contributed by atoms with Crippen LogP contribution in [0.2, 0.25) is 5.02 Å². The number of thiazole rings is 1. The summed E-state index contributed by atoms with van der Waals surface area (Å²) in [6.07, 6.45) is 0. The van der Waals surface area contributed by atoms with Gasteiger partial charge in [0.2, 0.25) is 0 Å². The molecule has 1 aromatic heterocycles. The van der Waals surface area contributed by atoms with E-state index in [9.17, 15) is 4.79 Å². The van der Waals surface area contributed by atoms with Crippen LogP contribution in [0.3, 0.4) is 0 Å². The number of ether oxygens (including phenoxy) is 2. The summed E-state index contributed by atoms with van der Waals surface area (Å²) in [4.78, 5) is 21.8. The Kier molecular flexibility index (Phi) is 6.80. The molecule has 1 saturated heterocycles. The number of rotatable bonds is 7. The van der Waals surface area contributed by atoms with E-state index in [0.717, 1.165) is 48.1 Å². The summed E-state index contributed by atoms with van der Waals surface area (Å²) in [5, 5.41) is 4.55. The van der Waals surface area contributed by atoms with Crippen molar-refractivity contribution in [3.05, 3.63) is 47.0 Å². The van der Waals surface area contributed by atoms with Crippen molar-refractivity contribution in [3.63, 3.8) is 0 Å². The van der Waals surface area contributed by atoms with Gasteiger partial charge < -0.3 is 19.7 Å². The minimum absolute atomic E-state index is 0.0837. The lowest BCUT2D eigenvalue weighted by Crippen LogP contribution is -2.48. The van der Waals surface area contributed by atoms with Crippen molar-refractivity contribution >= 4 is 44.2 Å². The molecule has 2 aromatic carbocycles. The number of nitrogens with one attached hydrogen (secondary N) is 1. The van der Waals surface area contributed by atoms with Gasteiger partial charge >= 0.3 is 0 Å². The molecule has 1 N–H and O–H groups in total. The summed E-state index contributed by atoms with van der Waals surface area (Å²) >= 11 is 7.88. The molecule has 1 aliphatic heterocycles. The first kappa shape index (κ1) is 21.7. The van der Waals surface area contributed by atoms with Gasteiger partial charge in [-0.3, -0.25) is 9.69 Å². The predicted octanol–water partition coefficient (Wildman–Crippen LogP) is 3.52. The number of halogens is 1. The first-order chi connectivity index (χ1) is 15.1. The quantitative estimate of drug-likeness (QED) is 0.582. The molecule has 7 nitrogen and oxygen atoms in total. The highest BCUT2D eigenvalue weighted by Gasteiger charge is 2.21. The number of anilines is 1. The van der Waals surface area contributed by atoms with Crippen molar-refractivity contribution in [1.82, 2.24) is 15.2 Å². The van der Waals surface area contributed by atoms with Gasteiger partial charge in [-0.1, -0.05) is 29.0 Å². The van der Waals surface area contributed by atoms with Crippen LogP contribution in [0.1, 0.15) is 10.4 Å². The Morgan fingerprint density at radius 2 is 1.97 bits per heavy atom. The van der Waals surface area contributed by atoms with E-state index in [1.165, 1.54) is 0 Å². The summed E-state index contributed by atoms with van der Waals surface area (Å²) in [6, 6.07) is 11.0. The average Bonchev–Trinajstić information content (AvgIpc) is 3.24. The molecule has 0 spiro atoms. The standard InChI is InChI=1S/C22H25ClN4O3S/c1-29-16-5-3-4-15(14-16)21(28)24-8-9-26-10-12-27(13-11-26)22-25-19-18(31-22)7-6-17(23)20(19)30-2/h3-7,14H,8-13H2,1-2H3,(H,24,28). The van der Waals surface area contributed by atoms with Crippen LogP contribution in [0.4, 0.5) is 5.13 Å². The number of nitrogens with zero attached hydrogens (tertiary/aromatic N) is 3. The fraction of sp³-hybridized carbons (Fsp3) is 0.364. The third-order valence-electron chi connectivity index (χ3n) is 5.35. The number of carbonyl (C=O) groups is 1. The van der Waals surface area contributed by atoms with Gasteiger partial charge in [-0.15, -0.1) is 0 Å². The van der Waals surface area contributed by atoms with Crippen LogP contribution in [0.25, 0.3) is 10.2 Å². The summed E-state index contributed by atoms with van der Waals surface area (Å²) in [5.41, 5.74) is 1.42. The maximum Gasteiger partial charge on any atom is 0.251 e. The Bertz CT molecular complexity index is 1070. The highest BCUT2D eigenvalue weighted by Crippen LogP contribution is 2.38. The normalized spacial score (nSPS) is 14.6. The van der Waals surface area contributed by atoms with E-state index >= 15 is 0 Å².